The first-order chi connectivity index (χ1) is 16.0. The van der Waals surface area contributed by atoms with Gasteiger partial charge in [-0.15, -0.1) is 16.4 Å². The topological polar surface area (TPSA) is 96.0 Å². The summed E-state index contributed by atoms with van der Waals surface area (Å²) in [6.07, 6.45) is 0. The number of amides is 1. The fraction of sp³-hybridized carbons (Fsp3) is 0.125. The van der Waals surface area contributed by atoms with E-state index in [0.29, 0.717) is 28.7 Å². The van der Waals surface area contributed by atoms with Gasteiger partial charge in [0.25, 0.3) is 0 Å². The Morgan fingerprint density at radius 3 is 2.58 bits per heavy atom. The highest BCUT2D eigenvalue weighted by atomic mass is 32.1. The number of benzene rings is 2. The molecule has 3 heterocycles. The summed E-state index contributed by atoms with van der Waals surface area (Å²) in [5.74, 6) is -0.414. The molecule has 33 heavy (non-hydrogen) atoms. The third-order valence-corrected chi connectivity index (χ3v) is 6.30. The van der Waals surface area contributed by atoms with Gasteiger partial charge in [-0.3, -0.25) is 4.79 Å². The summed E-state index contributed by atoms with van der Waals surface area (Å²) in [5.41, 5.74) is 2.38. The first kappa shape index (κ1) is 20.7. The zero-order valence-electron chi connectivity index (χ0n) is 17.4. The van der Waals surface area contributed by atoms with Crippen LogP contribution in [0.2, 0.25) is 0 Å². The molecule has 7 nitrogen and oxygen atoms in total. The molecule has 4 aromatic rings. The Labute approximate surface area is 192 Å². The molecule has 2 aromatic carbocycles. The number of nitrogens with zero attached hydrogens (tertiary/aromatic N) is 5. The summed E-state index contributed by atoms with van der Waals surface area (Å²) in [6.45, 7) is 1.79. The van der Waals surface area contributed by atoms with Crippen LogP contribution in [0.25, 0.3) is 10.7 Å². The molecule has 1 amide bonds. The van der Waals surface area contributed by atoms with Crippen LogP contribution in [0.15, 0.2) is 71.0 Å². The summed E-state index contributed by atoms with van der Waals surface area (Å²) < 4.78 is 15.0. The fourth-order valence-corrected chi connectivity index (χ4v) is 4.51. The second-order valence-electron chi connectivity index (χ2n) is 7.56. The maximum Gasteiger partial charge on any atom is 0.248 e. The van der Waals surface area contributed by atoms with Gasteiger partial charge in [-0.05, 0) is 60.3 Å². The monoisotopic (exact) mass is 456 g/mol. The van der Waals surface area contributed by atoms with Crippen LogP contribution in [0.1, 0.15) is 24.1 Å². The second kappa shape index (κ2) is 8.41. The van der Waals surface area contributed by atoms with E-state index in [0.717, 1.165) is 10.4 Å². The van der Waals surface area contributed by atoms with Crippen LogP contribution in [-0.4, -0.2) is 26.4 Å². The van der Waals surface area contributed by atoms with Gasteiger partial charge in [-0.1, -0.05) is 18.2 Å². The Morgan fingerprint density at radius 2 is 1.91 bits per heavy atom. The molecule has 9 heteroatoms. The Kier molecular flexibility index (Phi) is 5.28. The number of rotatable bonds is 4. The predicted molar refractivity (Wildman–Crippen MR) is 124 cm³/mol. The van der Waals surface area contributed by atoms with Crippen molar-refractivity contribution >= 4 is 34.6 Å². The molecule has 2 atom stereocenters. The molecule has 2 unspecified atom stereocenters. The number of aliphatic imine (C=N–C) groups is 1. The molecule has 1 N–H and O–H groups in total. The number of fused-ring (bicyclic) bond motifs is 1. The Hall–Kier alpha value is -4.16. The molecular formula is C24H17FN6OS. The summed E-state index contributed by atoms with van der Waals surface area (Å²) in [7, 11) is 0. The minimum Gasteiger partial charge on any atom is -0.325 e. The molecule has 5 rings (SSSR count). The van der Waals surface area contributed by atoms with Gasteiger partial charge in [0.15, 0.2) is 5.82 Å². The van der Waals surface area contributed by atoms with Crippen LogP contribution in [0.3, 0.4) is 0 Å². The maximum absolute atomic E-state index is 13.4. The first-order valence-corrected chi connectivity index (χ1v) is 11.0. The van der Waals surface area contributed by atoms with Crippen LogP contribution in [0, 0.1) is 23.1 Å². The van der Waals surface area contributed by atoms with E-state index in [9.17, 15) is 14.4 Å². The SMILES string of the molecule is CC1=Nc2nc(-c3cccs3)nn2C(c2ccc(C#N)cc2)C1C(=O)Nc1ccc(F)cc1. The number of carbonyl (C=O) groups excluding carboxylic acids is 1. The van der Waals surface area contributed by atoms with E-state index in [1.807, 2.05) is 29.6 Å². The van der Waals surface area contributed by atoms with Gasteiger partial charge in [-0.25, -0.2) is 14.1 Å². The number of hydrogen-bond acceptors (Lipinski definition) is 6. The van der Waals surface area contributed by atoms with E-state index in [2.05, 4.69) is 21.4 Å². The Balaban J connectivity index is 1.58. The number of carbonyl (C=O) groups is 1. The molecule has 0 bridgehead atoms. The molecular weight excluding hydrogens is 439 g/mol. The molecule has 0 saturated heterocycles. The molecule has 0 saturated carbocycles. The smallest absolute Gasteiger partial charge is 0.248 e. The van der Waals surface area contributed by atoms with E-state index in [-0.39, 0.29) is 11.7 Å². The van der Waals surface area contributed by atoms with E-state index in [4.69, 9.17) is 5.10 Å². The average molecular weight is 457 g/mol. The number of nitriles is 1. The van der Waals surface area contributed by atoms with Gasteiger partial charge in [0.1, 0.15) is 11.7 Å². The molecule has 0 fully saturated rings. The van der Waals surface area contributed by atoms with Gasteiger partial charge >= 0.3 is 0 Å². The zero-order valence-corrected chi connectivity index (χ0v) is 18.3. The quantitative estimate of drug-likeness (QED) is 0.469. The van der Waals surface area contributed by atoms with Gasteiger partial charge in [0.05, 0.1) is 22.6 Å². The van der Waals surface area contributed by atoms with Crippen LogP contribution < -0.4 is 5.32 Å². The molecule has 2 aromatic heterocycles. The van der Waals surface area contributed by atoms with Crippen molar-refractivity contribution in [2.75, 3.05) is 5.32 Å². The number of halogens is 1. The number of anilines is 1. The summed E-state index contributed by atoms with van der Waals surface area (Å²) in [4.78, 5) is 23.5. The van der Waals surface area contributed by atoms with Crippen molar-refractivity contribution in [2.24, 2.45) is 10.9 Å². The first-order valence-electron chi connectivity index (χ1n) is 10.2. The standard InChI is InChI=1S/C24H17FN6OS/c1-14-20(23(32)28-18-10-8-17(25)9-11-18)21(16-6-4-15(13-26)5-7-16)31-24(27-14)29-22(30-31)19-3-2-12-33-19/h2-12,20-21H,1H3,(H,28,32). The lowest BCUT2D eigenvalue weighted by atomic mass is 9.87. The minimum atomic E-state index is -0.687. The van der Waals surface area contributed by atoms with Crippen LogP contribution in [0.4, 0.5) is 16.0 Å². The highest BCUT2D eigenvalue weighted by Gasteiger charge is 2.39. The number of hydrogen-bond donors (Lipinski definition) is 1. The Morgan fingerprint density at radius 1 is 1.15 bits per heavy atom. The lowest BCUT2D eigenvalue weighted by Crippen LogP contribution is -2.39. The molecule has 162 valence electrons. The van der Waals surface area contributed by atoms with E-state index in [1.54, 1.807) is 23.7 Å². The van der Waals surface area contributed by atoms with E-state index >= 15 is 0 Å². The van der Waals surface area contributed by atoms with Crippen molar-refractivity contribution in [3.8, 4) is 16.8 Å². The van der Waals surface area contributed by atoms with Crippen LogP contribution in [-0.2, 0) is 4.79 Å². The maximum atomic E-state index is 13.4. The van der Waals surface area contributed by atoms with Crippen molar-refractivity contribution in [2.45, 2.75) is 13.0 Å². The molecule has 0 radical (unpaired) electrons. The number of aromatic nitrogens is 3. The van der Waals surface area contributed by atoms with E-state index < -0.39 is 12.0 Å². The largest absolute Gasteiger partial charge is 0.325 e. The lowest BCUT2D eigenvalue weighted by molar-refractivity contribution is -0.118. The molecule has 1 aliphatic heterocycles. The zero-order chi connectivity index (χ0) is 22.9. The highest BCUT2D eigenvalue weighted by molar-refractivity contribution is 7.13. The van der Waals surface area contributed by atoms with Gasteiger partial charge in [-0.2, -0.15) is 10.2 Å². The lowest BCUT2D eigenvalue weighted by Gasteiger charge is -2.30. The summed E-state index contributed by atoms with van der Waals surface area (Å²) >= 11 is 1.52. The molecule has 0 spiro atoms. The number of thiophene rings is 1. The summed E-state index contributed by atoms with van der Waals surface area (Å²) in [5, 5.41) is 18.7. The average Bonchev–Trinajstić information content (AvgIpc) is 3.49. The van der Waals surface area contributed by atoms with Crippen molar-refractivity contribution < 1.29 is 9.18 Å². The van der Waals surface area contributed by atoms with E-state index in [1.165, 1.54) is 35.6 Å². The fourth-order valence-electron chi connectivity index (χ4n) is 3.86. The van der Waals surface area contributed by atoms with Gasteiger partial charge < -0.3 is 5.32 Å². The molecule has 1 aliphatic rings. The van der Waals surface area contributed by atoms with Crippen molar-refractivity contribution in [1.82, 2.24) is 14.8 Å². The second-order valence-corrected chi connectivity index (χ2v) is 8.51. The molecule has 0 aliphatic carbocycles. The van der Waals surface area contributed by atoms with Crippen molar-refractivity contribution in [1.29, 1.82) is 5.26 Å². The third kappa shape index (κ3) is 3.92. The third-order valence-electron chi connectivity index (χ3n) is 5.44. The van der Waals surface area contributed by atoms with Crippen molar-refractivity contribution in [3.05, 3.63) is 83.0 Å². The normalized spacial score (nSPS) is 17.1. The predicted octanol–water partition coefficient (Wildman–Crippen LogP) is 4.97. The number of nitrogens with one attached hydrogen (secondary N) is 1. The van der Waals surface area contributed by atoms with Crippen molar-refractivity contribution in [3.63, 3.8) is 0 Å². The van der Waals surface area contributed by atoms with Crippen LogP contribution >= 0.6 is 11.3 Å². The highest BCUT2D eigenvalue weighted by Crippen LogP contribution is 2.38. The summed E-state index contributed by atoms with van der Waals surface area (Å²) in [6, 6.07) is 18.1. The van der Waals surface area contributed by atoms with Gasteiger partial charge in [0, 0.05) is 11.4 Å². The Bertz CT molecular complexity index is 1380. The van der Waals surface area contributed by atoms with Gasteiger partial charge in [0.2, 0.25) is 11.9 Å². The van der Waals surface area contributed by atoms with Crippen LogP contribution in [0.5, 0.6) is 0 Å². The minimum absolute atomic E-state index is 0.295.